The summed E-state index contributed by atoms with van der Waals surface area (Å²) >= 11 is 1.61. The fraction of sp³-hybridized carbons (Fsp3) is 0.417. The van der Waals surface area contributed by atoms with Crippen molar-refractivity contribution < 1.29 is 9.90 Å². The standard InChI is InChI=1S/C12H14N4O2S/c17-8-4-7(5-8)10(9-2-1-3-19-9)15-12(18)11-13-6-14-16-11/h1-3,6-8,10,17H,4-5H2,(H,15,18)(H,13,14,16)/t7?,8?,10-/m1/s1. The summed E-state index contributed by atoms with van der Waals surface area (Å²) in [7, 11) is 0. The smallest absolute Gasteiger partial charge is 0.289 e. The molecule has 3 rings (SSSR count). The summed E-state index contributed by atoms with van der Waals surface area (Å²) in [6.45, 7) is 0. The fourth-order valence-corrected chi connectivity index (χ4v) is 3.19. The van der Waals surface area contributed by atoms with Gasteiger partial charge < -0.3 is 10.4 Å². The number of aromatic nitrogens is 3. The Morgan fingerprint density at radius 3 is 3.00 bits per heavy atom. The van der Waals surface area contributed by atoms with Crippen molar-refractivity contribution in [1.82, 2.24) is 20.5 Å². The number of aliphatic hydroxyl groups is 1. The zero-order valence-electron chi connectivity index (χ0n) is 10.1. The summed E-state index contributed by atoms with van der Waals surface area (Å²) < 4.78 is 0. The number of rotatable bonds is 4. The number of aliphatic hydroxyl groups excluding tert-OH is 1. The highest BCUT2D eigenvalue weighted by molar-refractivity contribution is 7.10. The highest BCUT2D eigenvalue weighted by Crippen LogP contribution is 2.39. The van der Waals surface area contributed by atoms with Crippen LogP contribution in [0.3, 0.4) is 0 Å². The highest BCUT2D eigenvalue weighted by atomic mass is 32.1. The van der Waals surface area contributed by atoms with E-state index < -0.39 is 0 Å². The van der Waals surface area contributed by atoms with Crippen LogP contribution in [0.25, 0.3) is 0 Å². The van der Waals surface area contributed by atoms with E-state index in [1.165, 1.54) is 6.33 Å². The molecule has 0 saturated heterocycles. The molecule has 6 nitrogen and oxygen atoms in total. The molecule has 3 N–H and O–H groups in total. The first-order chi connectivity index (χ1) is 9.24. The lowest BCUT2D eigenvalue weighted by Gasteiger charge is -2.37. The van der Waals surface area contributed by atoms with Gasteiger partial charge in [-0.1, -0.05) is 6.07 Å². The number of hydrogen-bond acceptors (Lipinski definition) is 5. The topological polar surface area (TPSA) is 90.9 Å². The second-order valence-electron chi connectivity index (χ2n) is 4.69. The zero-order valence-corrected chi connectivity index (χ0v) is 10.9. The van der Waals surface area contributed by atoms with Crippen LogP contribution in [0, 0.1) is 5.92 Å². The molecular formula is C12H14N4O2S. The normalized spacial score (nSPS) is 23.6. The molecule has 7 heteroatoms. The molecule has 0 radical (unpaired) electrons. The second-order valence-corrected chi connectivity index (χ2v) is 5.67. The van der Waals surface area contributed by atoms with Crippen LogP contribution in [0.4, 0.5) is 0 Å². The molecule has 0 unspecified atom stereocenters. The van der Waals surface area contributed by atoms with Gasteiger partial charge in [-0.05, 0) is 30.2 Å². The average molecular weight is 278 g/mol. The third-order valence-electron chi connectivity index (χ3n) is 3.39. The van der Waals surface area contributed by atoms with Gasteiger partial charge in [-0.3, -0.25) is 9.89 Å². The van der Waals surface area contributed by atoms with Crippen LogP contribution < -0.4 is 5.32 Å². The van der Waals surface area contributed by atoms with Gasteiger partial charge in [0.05, 0.1) is 12.1 Å². The maximum absolute atomic E-state index is 12.0. The number of aromatic amines is 1. The third kappa shape index (κ3) is 2.52. The maximum atomic E-state index is 12.0. The van der Waals surface area contributed by atoms with Crippen molar-refractivity contribution in [2.75, 3.05) is 0 Å². The first-order valence-electron chi connectivity index (χ1n) is 6.11. The van der Waals surface area contributed by atoms with Crippen LogP contribution in [0.15, 0.2) is 23.8 Å². The number of amides is 1. The van der Waals surface area contributed by atoms with Crippen LogP contribution in [0.5, 0.6) is 0 Å². The minimum absolute atomic E-state index is 0.0685. The first-order valence-corrected chi connectivity index (χ1v) is 6.99. The number of carbonyl (C=O) groups is 1. The summed E-state index contributed by atoms with van der Waals surface area (Å²) in [6, 6.07) is 3.89. The van der Waals surface area contributed by atoms with Crippen LogP contribution in [-0.4, -0.2) is 32.3 Å². The van der Waals surface area contributed by atoms with Crippen molar-refractivity contribution in [3.05, 3.63) is 34.5 Å². The Balaban J connectivity index is 1.74. The second kappa shape index (κ2) is 5.10. The molecule has 0 spiro atoms. The Bertz CT molecular complexity index is 534. The van der Waals surface area contributed by atoms with Gasteiger partial charge >= 0.3 is 0 Å². The molecule has 2 heterocycles. The van der Waals surface area contributed by atoms with E-state index in [4.69, 9.17) is 0 Å². The van der Waals surface area contributed by atoms with Gasteiger partial charge in [0.15, 0.2) is 0 Å². The molecule has 2 aromatic heterocycles. The molecule has 0 bridgehead atoms. The molecule has 0 aliphatic heterocycles. The largest absolute Gasteiger partial charge is 0.393 e. The van der Waals surface area contributed by atoms with E-state index >= 15 is 0 Å². The Morgan fingerprint density at radius 2 is 2.42 bits per heavy atom. The van der Waals surface area contributed by atoms with Crippen molar-refractivity contribution in [3.63, 3.8) is 0 Å². The number of nitrogens with zero attached hydrogens (tertiary/aromatic N) is 2. The van der Waals surface area contributed by atoms with E-state index in [-0.39, 0.29) is 29.8 Å². The summed E-state index contributed by atoms with van der Waals surface area (Å²) in [5, 5.41) is 20.6. The predicted octanol–water partition coefficient (Wildman–Crippen LogP) is 1.11. The third-order valence-corrected chi connectivity index (χ3v) is 4.34. The number of thiophene rings is 1. The first kappa shape index (κ1) is 12.3. The Kier molecular flexibility index (Phi) is 3.31. The average Bonchev–Trinajstić information content (AvgIpc) is 3.03. The van der Waals surface area contributed by atoms with Gasteiger partial charge in [0, 0.05) is 4.88 Å². The molecule has 1 saturated carbocycles. The van der Waals surface area contributed by atoms with E-state index in [0.717, 1.165) is 17.7 Å². The molecule has 2 aromatic rings. The molecule has 1 aliphatic rings. The minimum atomic E-state index is -0.266. The van der Waals surface area contributed by atoms with E-state index in [9.17, 15) is 9.90 Å². The van der Waals surface area contributed by atoms with E-state index in [1.54, 1.807) is 11.3 Å². The van der Waals surface area contributed by atoms with Gasteiger partial charge in [0.25, 0.3) is 5.91 Å². The fourth-order valence-electron chi connectivity index (χ4n) is 2.32. The lowest BCUT2D eigenvalue weighted by atomic mass is 9.77. The summed E-state index contributed by atoms with van der Waals surface area (Å²) in [5.41, 5.74) is 0. The van der Waals surface area contributed by atoms with Crippen LogP contribution >= 0.6 is 11.3 Å². The Labute approximate surface area is 113 Å². The monoisotopic (exact) mass is 278 g/mol. The maximum Gasteiger partial charge on any atom is 0.289 e. The Hall–Kier alpha value is -1.73. The number of carbonyl (C=O) groups excluding carboxylic acids is 1. The molecule has 19 heavy (non-hydrogen) atoms. The van der Waals surface area contributed by atoms with Crippen LogP contribution in [0.2, 0.25) is 0 Å². The zero-order chi connectivity index (χ0) is 13.2. The molecule has 0 aromatic carbocycles. The van der Waals surface area contributed by atoms with Gasteiger partial charge in [-0.25, -0.2) is 4.98 Å². The van der Waals surface area contributed by atoms with Gasteiger partial charge in [-0.15, -0.1) is 11.3 Å². The van der Waals surface area contributed by atoms with Crippen molar-refractivity contribution >= 4 is 17.2 Å². The minimum Gasteiger partial charge on any atom is -0.393 e. The lowest BCUT2D eigenvalue weighted by molar-refractivity contribution is 0.0240. The number of H-pyrrole nitrogens is 1. The highest BCUT2D eigenvalue weighted by Gasteiger charge is 2.36. The van der Waals surface area contributed by atoms with E-state index in [2.05, 4.69) is 20.5 Å². The summed E-state index contributed by atoms with van der Waals surface area (Å²) in [6.07, 6.45) is 2.51. The molecule has 1 amide bonds. The summed E-state index contributed by atoms with van der Waals surface area (Å²) in [5.74, 6) is 0.222. The molecular weight excluding hydrogens is 264 g/mol. The van der Waals surface area contributed by atoms with Crippen molar-refractivity contribution in [3.8, 4) is 0 Å². The van der Waals surface area contributed by atoms with Gasteiger partial charge in [0.1, 0.15) is 6.33 Å². The molecule has 1 atom stereocenters. The lowest BCUT2D eigenvalue weighted by Crippen LogP contribution is -2.41. The number of hydrogen-bond donors (Lipinski definition) is 3. The number of nitrogens with one attached hydrogen (secondary N) is 2. The van der Waals surface area contributed by atoms with Crippen molar-refractivity contribution in [1.29, 1.82) is 0 Å². The van der Waals surface area contributed by atoms with Gasteiger partial charge in [-0.2, -0.15) is 5.10 Å². The van der Waals surface area contributed by atoms with Crippen LogP contribution in [-0.2, 0) is 0 Å². The van der Waals surface area contributed by atoms with E-state index in [0.29, 0.717) is 0 Å². The molecule has 1 aliphatic carbocycles. The van der Waals surface area contributed by atoms with Crippen molar-refractivity contribution in [2.24, 2.45) is 5.92 Å². The SMILES string of the molecule is O=C(N[C@@H](c1cccs1)C1CC(O)C1)c1ncn[nH]1. The molecule has 1 fully saturated rings. The van der Waals surface area contributed by atoms with Gasteiger partial charge in [0.2, 0.25) is 5.82 Å². The predicted molar refractivity (Wildman–Crippen MR) is 69.6 cm³/mol. The summed E-state index contributed by atoms with van der Waals surface area (Å²) in [4.78, 5) is 17.0. The van der Waals surface area contributed by atoms with Crippen molar-refractivity contribution in [2.45, 2.75) is 25.0 Å². The van der Waals surface area contributed by atoms with E-state index in [1.807, 2.05) is 17.5 Å². The van der Waals surface area contributed by atoms with Crippen LogP contribution in [0.1, 0.15) is 34.4 Å². The quantitative estimate of drug-likeness (QED) is 0.781. The molecule has 100 valence electrons. The Morgan fingerprint density at radius 1 is 1.58 bits per heavy atom.